The third-order valence-electron chi connectivity index (χ3n) is 2.84. The molecule has 1 nitrogen and oxygen atoms in total. The fourth-order valence-electron chi connectivity index (χ4n) is 2.13. The van der Waals surface area contributed by atoms with Crippen LogP contribution in [0.1, 0.15) is 39.0 Å². The Bertz CT molecular complexity index is 167. The summed E-state index contributed by atoms with van der Waals surface area (Å²) in [5, 5.41) is 0. The largest absolute Gasteiger partial charge is 0.296 e. The molecule has 1 heterocycles. The number of hydrogen-bond acceptors (Lipinski definition) is 1. The first-order chi connectivity index (χ1) is 6.24. The van der Waals surface area contributed by atoms with Gasteiger partial charge in [-0.2, -0.15) is 0 Å². The maximum atomic E-state index is 3.92. The lowest BCUT2D eigenvalue weighted by Gasteiger charge is -2.28. The van der Waals surface area contributed by atoms with Gasteiger partial charge in [0.15, 0.2) is 0 Å². The summed E-state index contributed by atoms with van der Waals surface area (Å²) in [6, 6.07) is 0.789. The van der Waals surface area contributed by atoms with Crippen molar-refractivity contribution in [3.63, 3.8) is 0 Å². The first-order valence-electron chi connectivity index (χ1n) is 5.31. The lowest BCUT2D eigenvalue weighted by atomic mass is 10.1. The molecule has 2 heteroatoms. The van der Waals surface area contributed by atoms with Crippen LogP contribution >= 0.6 is 15.9 Å². The molecule has 1 saturated heterocycles. The molecule has 0 aromatic heterocycles. The Kier molecular flexibility index (Phi) is 5.04. The SMILES string of the molecule is C=C(Br)CN1CCCCCC1CC. The fraction of sp³-hybridized carbons (Fsp3) is 0.818. The first-order valence-corrected chi connectivity index (χ1v) is 6.10. The molecule has 0 aliphatic carbocycles. The molecule has 0 amide bonds. The van der Waals surface area contributed by atoms with Crippen LogP contribution in [0.2, 0.25) is 0 Å². The minimum absolute atomic E-state index is 0.789. The maximum Gasteiger partial charge on any atom is 0.0296 e. The highest BCUT2D eigenvalue weighted by atomic mass is 79.9. The normalized spacial score (nSPS) is 25.5. The quantitative estimate of drug-likeness (QED) is 0.736. The van der Waals surface area contributed by atoms with Gasteiger partial charge in [-0.05, 0) is 25.8 Å². The summed E-state index contributed by atoms with van der Waals surface area (Å²) in [5.41, 5.74) is 0. The van der Waals surface area contributed by atoms with Crippen molar-refractivity contribution in [1.29, 1.82) is 0 Å². The van der Waals surface area contributed by atoms with E-state index in [1.807, 2.05) is 0 Å². The summed E-state index contributed by atoms with van der Waals surface area (Å²) >= 11 is 3.46. The van der Waals surface area contributed by atoms with E-state index in [4.69, 9.17) is 0 Å². The second kappa shape index (κ2) is 5.82. The monoisotopic (exact) mass is 245 g/mol. The van der Waals surface area contributed by atoms with Crippen LogP contribution in [0.15, 0.2) is 11.1 Å². The molecular weight excluding hydrogens is 226 g/mol. The Hall–Kier alpha value is 0.180. The number of hydrogen-bond donors (Lipinski definition) is 0. The van der Waals surface area contributed by atoms with Crippen LogP contribution in [-0.4, -0.2) is 24.0 Å². The molecule has 0 N–H and O–H groups in total. The molecule has 0 aromatic rings. The Morgan fingerprint density at radius 3 is 2.85 bits per heavy atom. The summed E-state index contributed by atoms with van der Waals surface area (Å²) in [7, 11) is 0. The van der Waals surface area contributed by atoms with Gasteiger partial charge in [0, 0.05) is 17.1 Å². The molecule has 1 rings (SSSR count). The summed E-state index contributed by atoms with van der Waals surface area (Å²) in [5.74, 6) is 0. The van der Waals surface area contributed by atoms with Crippen LogP contribution < -0.4 is 0 Å². The number of rotatable bonds is 3. The zero-order valence-electron chi connectivity index (χ0n) is 8.56. The Morgan fingerprint density at radius 1 is 1.46 bits per heavy atom. The minimum atomic E-state index is 0.789. The average molecular weight is 246 g/mol. The van der Waals surface area contributed by atoms with Crippen molar-refractivity contribution in [2.45, 2.75) is 45.1 Å². The summed E-state index contributed by atoms with van der Waals surface area (Å²) < 4.78 is 1.12. The molecule has 0 radical (unpaired) electrons. The molecule has 0 spiro atoms. The Morgan fingerprint density at radius 2 is 2.23 bits per heavy atom. The van der Waals surface area contributed by atoms with Gasteiger partial charge in [0.05, 0.1) is 0 Å². The van der Waals surface area contributed by atoms with E-state index in [1.165, 1.54) is 38.6 Å². The Balaban J connectivity index is 2.48. The topological polar surface area (TPSA) is 3.24 Å². The molecule has 13 heavy (non-hydrogen) atoms. The van der Waals surface area contributed by atoms with Crippen LogP contribution in [0.4, 0.5) is 0 Å². The summed E-state index contributed by atoms with van der Waals surface area (Å²) in [6.45, 7) is 8.49. The molecule has 1 aliphatic heterocycles. The lowest BCUT2D eigenvalue weighted by Crippen LogP contribution is -2.35. The van der Waals surface area contributed by atoms with Gasteiger partial charge in [-0.15, -0.1) is 0 Å². The zero-order valence-corrected chi connectivity index (χ0v) is 10.1. The average Bonchev–Trinajstić information content (AvgIpc) is 2.28. The van der Waals surface area contributed by atoms with E-state index in [0.717, 1.165) is 17.1 Å². The van der Waals surface area contributed by atoms with E-state index in [-0.39, 0.29) is 0 Å². The van der Waals surface area contributed by atoms with Gasteiger partial charge in [0.1, 0.15) is 0 Å². The third kappa shape index (κ3) is 3.82. The van der Waals surface area contributed by atoms with Crippen LogP contribution in [0, 0.1) is 0 Å². The fourth-order valence-corrected chi connectivity index (χ4v) is 2.45. The zero-order chi connectivity index (χ0) is 9.68. The van der Waals surface area contributed by atoms with Crippen molar-refractivity contribution in [2.24, 2.45) is 0 Å². The van der Waals surface area contributed by atoms with E-state index in [1.54, 1.807) is 0 Å². The van der Waals surface area contributed by atoms with Crippen LogP contribution in [-0.2, 0) is 0 Å². The maximum absolute atomic E-state index is 3.92. The van der Waals surface area contributed by atoms with E-state index >= 15 is 0 Å². The predicted octanol–water partition coefficient (Wildman–Crippen LogP) is 3.55. The van der Waals surface area contributed by atoms with Crippen molar-refractivity contribution < 1.29 is 0 Å². The molecule has 0 aromatic carbocycles. The van der Waals surface area contributed by atoms with Crippen molar-refractivity contribution >= 4 is 15.9 Å². The predicted molar refractivity (Wildman–Crippen MR) is 62.2 cm³/mol. The minimum Gasteiger partial charge on any atom is -0.296 e. The van der Waals surface area contributed by atoms with Crippen molar-refractivity contribution in [3.8, 4) is 0 Å². The molecule has 76 valence electrons. The van der Waals surface area contributed by atoms with E-state index in [9.17, 15) is 0 Å². The van der Waals surface area contributed by atoms with Gasteiger partial charge < -0.3 is 0 Å². The van der Waals surface area contributed by atoms with E-state index < -0.39 is 0 Å². The van der Waals surface area contributed by atoms with Crippen LogP contribution in [0.25, 0.3) is 0 Å². The number of halogens is 1. The van der Waals surface area contributed by atoms with Crippen molar-refractivity contribution in [3.05, 3.63) is 11.1 Å². The van der Waals surface area contributed by atoms with Gasteiger partial charge in [-0.25, -0.2) is 0 Å². The molecule has 0 saturated carbocycles. The summed E-state index contributed by atoms with van der Waals surface area (Å²) in [4.78, 5) is 2.57. The molecule has 1 aliphatic rings. The van der Waals surface area contributed by atoms with Gasteiger partial charge in [0.25, 0.3) is 0 Å². The van der Waals surface area contributed by atoms with Crippen molar-refractivity contribution in [1.82, 2.24) is 4.90 Å². The second-order valence-electron chi connectivity index (χ2n) is 3.90. The number of likely N-dealkylation sites (tertiary alicyclic amines) is 1. The first kappa shape index (κ1) is 11.3. The van der Waals surface area contributed by atoms with Gasteiger partial charge in [-0.1, -0.05) is 42.3 Å². The van der Waals surface area contributed by atoms with Gasteiger partial charge >= 0.3 is 0 Å². The highest BCUT2D eigenvalue weighted by molar-refractivity contribution is 9.11. The smallest absolute Gasteiger partial charge is 0.0296 e. The highest BCUT2D eigenvalue weighted by Gasteiger charge is 2.18. The van der Waals surface area contributed by atoms with E-state index in [0.29, 0.717) is 0 Å². The van der Waals surface area contributed by atoms with E-state index in [2.05, 4.69) is 34.3 Å². The number of nitrogens with zero attached hydrogens (tertiary/aromatic N) is 1. The van der Waals surface area contributed by atoms with Gasteiger partial charge in [-0.3, -0.25) is 4.90 Å². The lowest BCUT2D eigenvalue weighted by molar-refractivity contribution is 0.215. The highest BCUT2D eigenvalue weighted by Crippen LogP contribution is 2.20. The second-order valence-corrected chi connectivity index (χ2v) is 5.02. The van der Waals surface area contributed by atoms with Gasteiger partial charge in [0.2, 0.25) is 0 Å². The van der Waals surface area contributed by atoms with Crippen LogP contribution in [0.3, 0.4) is 0 Å². The third-order valence-corrected chi connectivity index (χ3v) is 3.10. The molecule has 1 fully saturated rings. The van der Waals surface area contributed by atoms with Crippen LogP contribution in [0.5, 0.6) is 0 Å². The molecule has 0 bridgehead atoms. The van der Waals surface area contributed by atoms with Crippen molar-refractivity contribution in [2.75, 3.05) is 13.1 Å². The standard InChI is InChI=1S/C11H20BrN/c1-3-11-7-5-4-6-8-13(11)9-10(2)12/h11H,2-9H2,1H3. The molecule has 1 unspecified atom stereocenters. The Labute approximate surface area is 90.3 Å². The molecular formula is C11H20BrN. The summed E-state index contributed by atoms with van der Waals surface area (Å²) in [6.07, 6.45) is 6.82. The molecule has 1 atom stereocenters.